The van der Waals surface area contributed by atoms with Gasteiger partial charge in [0.25, 0.3) is 5.56 Å². The average molecular weight is 382 g/mol. The molecule has 0 amide bonds. The number of alkyl halides is 2. The molecule has 0 radical (unpaired) electrons. The minimum atomic E-state index is -0.459. The van der Waals surface area contributed by atoms with E-state index in [2.05, 4.69) is 46.8 Å². The number of unbranched alkanes of at least 4 members (excludes halogenated alkanes) is 1. The highest BCUT2D eigenvalue weighted by molar-refractivity contribution is 9.09. The van der Waals surface area contributed by atoms with Gasteiger partial charge in [0.1, 0.15) is 5.52 Å². The first-order chi connectivity index (χ1) is 8.61. The van der Waals surface area contributed by atoms with Crippen LogP contribution >= 0.6 is 31.9 Å². The van der Waals surface area contributed by atoms with Crippen LogP contribution in [-0.4, -0.2) is 30.2 Å². The number of nitrogens with one attached hydrogen (secondary N) is 2. The highest BCUT2D eigenvalue weighted by atomic mass is 79.9. The molecule has 0 aromatic carbocycles. The Morgan fingerprint density at radius 2 is 1.89 bits per heavy atom. The number of hydrogen-bond donors (Lipinski definition) is 2. The highest BCUT2D eigenvalue weighted by Crippen LogP contribution is 1.96. The van der Waals surface area contributed by atoms with E-state index in [1.165, 1.54) is 23.7 Å². The van der Waals surface area contributed by atoms with E-state index in [4.69, 9.17) is 0 Å². The summed E-state index contributed by atoms with van der Waals surface area (Å²) in [6.07, 6.45) is 3.94. The summed E-state index contributed by atoms with van der Waals surface area (Å²) in [7, 11) is 1.54. The first kappa shape index (κ1) is 15.2. The van der Waals surface area contributed by atoms with Crippen molar-refractivity contribution in [2.75, 3.05) is 10.7 Å². The number of hydrogen-bond acceptors (Lipinski definition) is 3. The number of nitrogens with zero attached hydrogens (tertiary/aromatic N) is 2. The number of rotatable bonds is 3. The van der Waals surface area contributed by atoms with Gasteiger partial charge in [-0.05, 0) is 12.8 Å². The third-order valence-corrected chi connectivity index (χ3v) is 3.33. The van der Waals surface area contributed by atoms with E-state index in [9.17, 15) is 9.59 Å². The first-order valence-corrected chi connectivity index (χ1v) is 7.60. The topological polar surface area (TPSA) is 83.5 Å². The molecule has 0 aliphatic heterocycles. The lowest BCUT2D eigenvalue weighted by molar-refractivity contribution is 0.832. The molecule has 0 fully saturated rings. The van der Waals surface area contributed by atoms with Crippen LogP contribution in [0.25, 0.3) is 11.2 Å². The lowest BCUT2D eigenvalue weighted by Crippen LogP contribution is -2.28. The molecule has 6 nitrogen and oxygen atoms in total. The van der Waals surface area contributed by atoms with Crippen molar-refractivity contribution in [3.63, 3.8) is 0 Å². The van der Waals surface area contributed by atoms with Crippen molar-refractivity contribution in [1.29, 1.82) is 0 Å². The van der Waals surface area contributed by atoms with Crippen molar-refractivity contribution >= 4 is 43.0 Å². The molecule has 0 spiro atoms. The molecule has 18 heavy (non-hydrogen) atoms. The van der Waals surface area contributed by atoms with E-state index in [1.807, 2.05) is 0 Å². The zero-order chi connectivity index (χ0) is 13.5. The molecule has 0 aliphatic carbocycles. The second kappa shape index (κ2) is 7.52. The number of H-pyrrole nitrogens is 2. The van der Waals surface area contributed by atoms with Crippen LogP contribution in [0.3, 0.4) is 0 Å². The SMILES string of the molecule is BrCCCCBr.Cn1c(=O)[nH]c(=O)c2[nH]cnc21. The molecule has 0 bridgehead atoms. The summed E-state index contributed by atoms with van der Waals surface area (Å²) in [6.45, 7) is 0. The standard InChI is InChI=1S/C6H6N4O2.C4H8Br2/c1-10-4-3(7-2-8-4)5(11)9-6(10)12;5-3-1-2-4-6/h2H,1H3,(H,7,8)(H,9,11,12);1-4H2. The van der Waals surface area contributed by atoms with Gasteiger partial charge in [-0.1, -0.05) is 31.9 Å². The fourth-order valence-corrected chi connectivity index (χ4v) is 2.03. The van der Waals surface area contributed by atoms with E-state index in [1.54, 1.807) is 7.05 Å². The van der Waals surface area contributed by atoms with E-state index in [-0.39, 0.29) is 0 Å². The van der Waals surface area contributed by atoms with Gasteiger partial charge in [-0.15, -0.1) is 0 Å². The van der Waals surface area contributed by atoms with Crippen LogP contribution in [0.5, 0.6) is 0 Å². The summed E-state index contributed by atoms with van der Waals surface area (Å²) in [6, 6.07) is 0. The number of aromatic nitrogens is 4. The minimum Gasteiger partial charge on any atom is -0.339 e. The van der Waals surface area contributed by atoms with Crippen molar-refractivity contribution in [1.82, 2.24) is 19.5 Å². The molecule has 8 heteroatoms. The first-order valence-electron chi connectivity index (χ1n) is 5.36. The Bertz CT molecular complexity index is 598. The van der Waals surface area contributed by atoms with Crippen LogP contribution in [0.15, 0.2) is 15.9 Å². The Morgan fingerprint density at radius 3 is 2.44 bits per heavy atom. The zero-order valence-corrected chi connectivity index (χ0v) is 13.0. The second-order valence-corrected chi connectivity index (χ2v) is 5.09. The minimum absolute atomic E-state index is 0.317. The van der Waals surface area contributed by atoms with Crippen molar-refractivity contribution < 1.29 is 0 Å². The van der Waals surface area contributed by atoms with Crippen molar-refractivity contribution in [2.24, 2.45) is 7.05 Å². The third-order valence-electron chi connectivity index (χ3n) is 2.21. The summed E-state index contributed by atoms with van der Waals surface area (Å²) in [5.41, 5.74) is -0.217. The van der Waals surface area contributed by atoms with Gasteiger partial charge in [-0.2, -0.15) is 0 Å². The Balaban J connectivity index is 0.000000232. The maximum atomic E-state index is 11.1. The molecule has 2 aromatic rings. The Kier molecular flexibility index (Phi) is 6.34. The van der Waals surface area contributed by atoms with Gasteiger partial charge in [-0.25, -0.2) is 9.78 Å². The number of imidazole rings is 1. The summed E-state index contributed by atoms with van der Waals surface area (Å²) >= 11 is 6.66. The van der Waals surface area contributed by atoms with E-state index in [0.29, 0.717) is 11.2 Å². The number of fused-ring (bicyclic) bond motifs is 1. The van der Waals surface area contributed by atoms with Crippen LogP contribution in [0.1, 0.15) is 12.8 Å². The van der Waals surface area contributed by atoms with Crippen LogP contribution in [0.2, 0.25) is 0 Å². The van der Waals surface area contributed by atoms with Crippen molar-refractivity contribution in [3.8, 4) is 0 Å². The fraction of sp³-hybridized carbons (Fsp3) is 0.500. The van der Waals surface area contributed by atoms with Crippen LogP contribution in [0.4, 0.5) is 0 Å². The van der Waals surface area contributed by atoms with Crippen molar-refractivity contribution in [3.05, 3.63) is 27.2 Å². The quantitative estimate of drug-likeness (QED) is 0.624. The molecular formula is C10H14Br2N4O2. The molecule has 0 saturated carbocycles. The average Bonchev–Trinajstić information content (AvgIpc) is 2.84. The maximum absolute atomic E-state index is 11.1. The number of aromatic amines is 2. The fourth-order valence-electron chi connectivity index (χ4n) is 1.24. The van der Waals surface area contributed by atoms with Gasteiger partial charge < -0.3 is 4.98 Å². The number of halogens is 2. The molecule has 2 rings (SSSR count). The Labute approximate surface area is 120 Å². The molecule has 0 unspecified atom stereocenters. The molecule has 2 aromatic heterocycles. The van der Waals surface area contributed by atoms with Gasteiger partial charge in [0.05, 0.1) is 6.33 Å². The largest absolute Gasteiger partial charge is 0.339 e. The monoisotopic (exact) mass is 380 g/mol. The highest BCUT2D eigenvalue weighted by Gasteiger charge is 2.04. The zero-order valence-electron chi connectivity index (χ0n) is 9.87. The van der Waals surface area contributed by atoms with E-state index >= 15 is 0 Å². The number of aryl methyl sites for hydroxylation is 1. The summed E-state index contributed by atoms with van der Waals surface area (Å²) in [4.78, 5) is 30.7. The molecule has 0 saturated heterocycles. The maximum Gasteiger partial charge on any atom is 0.329 e. The molecule has 2 N–H and O–H groups in total. The molecule has 2 heterocycles. The van der Waals surface area contributed by atoms with Crippen LogP contribution < -0.4 is 11.2 Å². The van der Waals surface area contributed by atoms with Crippen LogP contribution in [-0.2, 0) is 7.05 Å². The predicted molar refractivity (Wildman–Crippen MR) is 78.8 cm³/mol. The second-order valence-electron chi connectivity index (χ2n) is 3.50. The normalized spacial score (nSPS) is 10.2. The lowest BCUT2D eigenvalue weighted by Gasteiger charge is -1.94. The third kappa shape index (κ3) is 3.81. The van der Waals surface area contributed by atoms with Crippen molar-refractivity contribution in [2.45, 2.75) is 12.8 Å². The molecule has 0 atom stereocenters. The summed E-state index contributed by atoms with van der Waals surface area (Å²) in [5, 5.41) is 2.28. The summed E-state index contributed by atoms with van der Waals surface area (Å²) in [5.74, 6) is 0. The van der Waals surface area contributed by atoms with Gasteiger partial charge in [-0.3, -0.25) is 14.3 Å². The molecule has 100 valence electrons. The smallest absolute Gasteiger partial charge is 0.329 e. The van der Waals surface area contributed by atoms with Crippen LogP contribution in [0, 0.1) is 0 Å². The Hall–Kier alpha value is -0.890. The van der Waals surface area contributed by atoms with Gasteiger partial charge in [0, 0.05) is 17.7 Å². The lowest BCUT2D eigenvalue weighted by atomic mass is 10.4. The Morgan fingerprint density at radius 1 is 1.28 bits per heavy atom. The van der Waals surface area contributed by atoms with Gasteiger partial charge >= 0.3 is 5.69 Å². The molecule has 0 aliphatic rings. The molecular weight excluding hydrogens is 368 g/mol. The van der Waals surface area contributed by atoms with E-state index < -0.39 is 11.2 Å². The van der Waals surface area contributed by atoms with Gasteiger partial charge in [0.15, 0.2) is 5.65 Å². The van der Waals surface area contributed by atoms with E-state index in [0.717, 1.165) is 10.7 Å². The summed E-state index contributed by atoms with van der Waals surface area (Å²) < 4.78 is 1.27. The van der Waals surface area contributed by atoms with Gasteiger partial charge in [0.2, 0.25) is 0 Å². The predicted octanol–water partition coefficient (Wildman–Crippen LogP) is 1.51.